The van der Waals surface area contributed by atoms with Crippen LogP contribution in [0.2, 0.25) is 0 Å². The van der Waals surface area contributed by atoms with Gasteiger partial charge in [0, 0.05) is 36.1 Å². The molecule has 0 saturated carbocycles. The van der Waals surface area contributed by atoms with Crippen LogP contribution in [0.3, 0.4) is 0 Å². The van der Waals surface area contributed by atoms with Gasteiger partial charge >= 0.3 is 0 Å². The molecule has 5 nitrogen and oxygen atoms in total. The molecule has 1 atom stereocenters. The lowest BCUT2D eigenvalue weighted by Crippen LogP contribution is -2.41. The van der Waals surface area contributed by atoms with Crippen molar-refractivity contribution in [2.45, 2.75) is 53.0 Å². The van der Waals surface area contributed by atoms with Gasteiger partial charge in [0.2, 0.25) is 5.91 Å². The van der Waals surface area contributed by atoms with Crippen LogP contribution in [0, 0.1) is 20.8 Å². The molecule has 3 rings (SSSR count). The summed E-state index contributed by atoms with van der Waals surface area (Å²) in [5.74, 6) is 1.66. The molecule has 24 heavy (non-hydrogen) atoms. The normalized spacial score (nSPS) is 18.5. The summed E-state index contributed by atoms with van der Waals surface area (Å²) in [7, 11) is 0. The molecular formula is C19H25N3O2. The molecule has 0 N–H and O–H groups in total. The first-order chi connectivity index (χ1) is 11.5. The summed E-state index contributed by atoms with van der Waals surface area (Å²) >= 11 is 0. The van der Waals surface area contributed by atoms with Crippen molar-refractivity contribution >= 4 is 12.0 Å². The Kier molecular flexibility index (Phi) is 4.60. The number of hydrogen-bond acceptors (Lipinski definition) is 3. The number of amides is 1. The van der Waals surface area contributed by atoms with E-state index < -0.39 is 0 Å². The van der Waals surface area contributed by atoms with Crippen LogP contribution < -0.4 is 0 Å². The molecule has 5 heteroatoms. The van der Waals surface area contributed by atoms with Crippen molar-refractivity contribution in [2.75, 3.05) is 6.54 Å². The predicted octanol–water partition coefficient (Wildman–Crippen LogP) is 3.80. The van der Waals surface area contributed by atoms with E-state index in [0.29, 0.717) is 6.04 Å². The fourth-order valence-corrected chi connectivity index (χ4v) is 3.45. The Morgan fingerprint density at radius 2 is 2.08 bits per heavy atom. The van der Waals surface area contributed by atoms with Crippen molar-refractivity contribution in [3.63, 3.8) is 0 Å². The second-order valence-corrected chi connectivity index (χ2v) is 6.67. The average molecular weight is 327 g/mol. The molecule has 3 heterocycles. The van der Waals surface area contributed by atoms with E-state index in [9.17, 15) is 4.79 Å². The average Bonchev–Trinajstić information content (AvgIpc) is 3.08. The highest BCUT2D eigenvalue weighted by molar-refractivity contribution is 5.92. The molecule has 0 radical (unpaired) electrons. The standard InChI is InChI=1S/C19H25N3O2/c1-13-7-5-6-10-21(13)19(23)9-8-17-11-14(2)22(16(17)4)18-12-15(3)24-20-18/h8-9,11-13H,5-7,10H2,1-4H3. The van der Waals surface area contributed by atoms with E-state index in [4.69, 9.17) is 4.52 Å². The molecule has 0 aromatic carbocycles. The molecule has 2 aromatic heterocycles. The molecule has 1 saturated heterocycles. The van der Waals surface area contributed by atoms with Gasteiger partial charge in [0.25, 0.3) is 0 Å². The van der Waals surface area contributed by atoms with Gasteiger partial charge in [-0.05, 0) is 64.7 Å². The first-order valence-corrected chi connectivity index (χ1v) is 8.58. The minimum atomic E-state index is 0.101. The Morgan fingerprint density at radius 1 is 1.29 bits per heavy atom. The molecule has 1 unspecified atom stereocenters. The number of aryl methyl sites for hydroxylation is 2. The molecular weight excluding hydrogens is 302 g/mol. The Balaban J connectivity index is 1.82. The van der Waals surface area contributed by atoms with Crippen molar-refractivity contribution in [3.8, 4) is 5.82 Å². The van der Waals surface area contributed by atoms with Crippen molar-refractivity contribution in [3.05, 3.63) is 40.9 Å². The first-order valence-electron chi connectivity index (χ1n) is 8.58. The summed E-state index contributed by atoms with van der Waals surface area (Å²) in [6.45, 7) is 8.93. The maximum Gasteiger partial charge on any atom is 0.246 e. The Labute approximate surface area is 142 Å². The Bertz CT molecular complexity index is 770. The van der Waals surface area contributed by atoms with Crippen LogP contribution in [0.1, 0.15) is 48.9 Å². The van der Waals surface area contributed by atoms with Gasteiger partial charge < -0.3 is 9.42 Å². The third-order valence-corrected chi connectivity index (χ3v) is 4.81. The zero-order valence-corrected chi connectivity index (χ0v) is 14.9. The Hall–Kier alpha value is -2.30. The molecule has 1 amide bonds. The van der Waals surface area contributed by atoms with E-state index in [1.807, 2.05) is 42.4 Å². The molecule has 1 aliphatic heterocycles. The minimum Gasteiger partial charge on any atom is -0.360 e. The first kappa shape index (κ1) is 16.6. The van der Waals surface area contributed by atoms with Crippen LogP contribution in [0.5, 0.6) is 0 Å². The van der Waals surface area contributed by atoms with Gasteiger partial charge in [-0.15, -0.1) is 0 Å². The van der Waals surface area contributed by atoms with Gasteiger partial charge in [-0.25, -0.2) is 0 Å². The summed E-state index contributed by atoms with van der Waals surface area (Å²) in [6.07, 6.45) is 7.02. The highest BCUT2D eigenvalue weighted by Gasteiger charge is 2.21. The van der Waals surface area contributed by atoms with Gasteiger partial charge in [0.1, 0.15) is 5.76 Å². The van der Waals surface area contributed by atoms with Crippen LogP contribution in [0.4, 0.5) is 0 Å². The number of likely N-dealkylation sites (tertiary alicyclic amines) is 1. The quantitative estimate of drug-likeness (QED) is 0.806. The summed E-state index contributed by atoms with van der Waals surface area (Å²) in [4.78, 5) is 14.4. The number of aromatic nitrogens is 2. The predicted molar refractivity (Wildman–Crippen MR) is 94.1 cm³/mol. The molecule has 0 spiro atoms. The second kappa shape index (κ2) is 6.67. The number of rotatable bonds is 3. The van der Waals surface area contributed by atoms with Crippen molar-refractivity contribution in [2.24, 2.45) is 0 Å². The van der Waals surface area contributed by atoms with Crippen LogP contribution in [0.15, 0.2) is 22.7 Å². The van der Waals surface area contributed by atoms with E-state index in [0.717, 1.165) is 47.9 Å². The smallest absolute Gasteiger partial charge is 0.246 e. The van der Waals surface area contributed by atoms with Crippen LogP contribution >= 0.6 is 0 Å². The number of hydrogen-bond donors (Lipinski definition) is 0. The number of piperidine rings is 1. The molecule has 128 valence electrons. The zero-order valence-electron chi connectivity index (χ0n) is 14.9. The maximum absolute atomic E-state index is 12.5. The van der Waals surface area contributed by atoms with Crippen molar-refractivity contribution < 1.29 is 9.32 Å². The number of carbonyl (C=O) groups excluding carboxylic acids is 1. The van der Waals surface area contributed by atoms with Crippen molar-refractivity contribution in [1.82, 2.24) is 14.6 Å². The monoisotopic (exact) mass is 327 g/mol. The van der Waals surface area contributed by atoms with Crippen LogP contribution in [-0.2, 0) is 4.79 Å². The second-order valence-electron chi connectivity index (χ2n) is 6.67. The lowest BCUT2D eigenvalue weighted by Gasteiger charge is -2.32. The largest absolute Gasteiger partial charge is 0.360 e. The van der Waals surface area contributed by atoms with Crippen molar-refractivity contribution in [1.29, 1.82) is 0 Å². The number of carbonyl (C=O) groups is 1. The van der Waals surface area contributed by atoms with E-state index >= 15 is 0 Å². The van der Waals surface area contributed by atoms with Gasteiger partial charge in [0.05, 0.1) is 0 Å². The van der Waals surface area contributed by atoms with E-state index in [-0.39, 0.29) is 5.91 Å². The van der Waals surface area contributed by atoms with Gasteiger partial charge in [-0.2, -0.15) is 0 Å². The molecule has 0 aliphatic carbocycles. The zero-order chi connectivity index (χ0) is 17.3. The highest BCUT2D eigenvalue weighted by Crippen LogP contribution is 2.22. The van der Waals surface area contributed by atoms with Gasteiger partial charge in [-0.1, -0.05) is 5.16 Å². The Morgan fingerprint density at radius 3 is 2.75 bits per heavy atom. The maximum atomic E-state index is 12.5. The van der Waals surface area contributed by atoms with E-state index in [2.05, 4.69) is 18.1 Å². The summed E-state index contributed by atoms with van der Waals surface area (Å²) in [5.41, 5.74) is 3.15. The molecule has 2 aromatic rings. The summed E-state index contributed by atoms with van der Waals surface area (Å²) < 4.78 is 7.22. The topological polar surface area (TPSA) is 51.3 Å². The van der Waals surface area contributed by atoms with Gasteiger partial charge in [-0.3, -0.25) is 9.36 Å². The lowest BCUT2D eigenvalue weighted by molar-refractivity contribution is -0.129. The fraction of sp³-hybridized carbons (Fsp3) is 0.474. The summed E-state index contributed by atoms with van der Waals surface area (Å²) in [5, 5.41) is 4.09. The third kappa shape index (κ3) is 3.16. The SMILES string of the molecule is Cc1cc(-n2c(C)cc(C=CC(=O)N3CCCCC3C)c2C)no1. The van der Waals surface area contributed by atoms with Crippen LogP contribution in [-0.4, -0.2) is 33.1 Å². The molecule has 1 fully saturated rings. The highest BCUT2D eigenvalue weighted by atomic mass is 16.5. The van der Waals surface area contributed by atoms with Crippen LogP contribution in [0.25, 0.3) is 11.9 Å². The third-order valence-electron chi connectivity index (χ3n) is 4.81. The number of nitrogens with zero attached hydrogens (tertiary/aromatic N) is 3. The van der Waals surface area contributed by atoms with Gasteiger partial charge in [0.15, 0.2) is 5.82 Å². The van der Waals surface area contributed by atoms with E-state index in [1.165, 1.54) is 6.42 Å². The fourth-order valence-electron chi connectivity index (χ4n) is 3.45. The lowest BCUT2D eigenvalue weighted by atomic mass is 10.0. The summed E-state index contributed by atoms with van der Waals surface area (Å²) in [6, 6.07) is 4.32. The molecule has 0 bridgehead atoms. The minimum absolute atomic E-state index is 0.101. The molecule has 1 aliphatic rings. The van der Waals surface area contributed by atoms with E-state index in [1.54, 1.807) is 6.08 Å².